The van der Waals surface area contributed by atoms with E-state index in [4.69, 9.17) is 17.2 Å². The molecule has 3 heterocycles. The second-order valence-electron chi connectivity index (χ2n) is 9.42. The second-order valence-corrected chi connectivity index (χ2v) is 9.99. The van der Waals surface area contributed by atoms with E-state index >= 15 is 0 Å². The Morgan fingerprint density at radius 1 is 1.13 bits per heavy atom. The monoisotopic (exact) mass is 438 g/mol. The van der Waals surface area contributed by atoms with Crippen LogP contribution < -0.4 is 4.90 Å². The molecule has 0 radical (unpaired) electrons. The van der Waals surface area contributed by atoms with Gasteiger partial charge in [-0.1, -0.05) is 25.2 Å². The second kappa shape index (κ2) is 10.4. The van der Waals surface area contributed by atoms with Gasteiger partial charge in [-0.05, 0) is 93.4 Å². The first-order valence-corrected chi connectivity index (χ1v) is 12.6. The standard InChI is InChI=1S/C26H38N4S/c1-4-28-13-15-30(16-14-28)26-17-20(2)24-19-22(9-10-25(24)27-26)18-23(31)8-6-12-29-11-5-7-21(29)3/h9-10,17,19,21H,4-8,11-16,18H2,1-3H3. The molecule has 0 spiro atoms. The fourth-order valence-electron chi connectivity index (χ4n) is 5.11. The van der Waals surface area contributed by atoms with Gasteiger partial charge in [-0.25, -0.2) is 4.98 Å². The number of likely N-dealkylation sites (N-methyl/N-ethyl adjacent to an activating group) is 1. The first kappa shape index (κ1) is 22.6. The van der Waals surface area contributed by atoms with Gasteiger partial charge in [-0.3, -0.25) is 0 Å². The van der Waals surface area contributed by atoms with Crippen molar-refractivity contribution in [1.29, 1.82) is 0 Å². The topological polar surface area (TPSA) is 22.6 Å². The molecule has 1 atom stereocenters. The number of nitrogens with zero attached hydrogens (tertiary/aromatic N) is 4. The van der Waals surface area contributed by atoms with Crippen molar-refractivity contribution >= 4 is 33.8 Å². The smallest absolute Gasteiger partial charge is 0.129 e. The zero-order valence-electron chi connectivity index (χ0n) is 19.6. The number of anilines is 1. The largest absolute Gasteiger partial charge is 0.354 e. The number of piperazine rings is 1. The molecule has 1 aromatic carbocycles. The highest BCUT2D eigenvalue weighted by Crippen LogP contribution is 2.25. The molecule has 0 N–H and O–H groups in total. The minimum absolute atomic E-state index is 0.755. The van der Waals surface area contributed by atoms with Crippen LogP contribution in [0, 0.1) is 6.92 Å². The molecule has 2 aliphatic rings. The van der Waals surface area contributed by atoms with Crippen LogP contribution in [0.15, 0.2) is 24.3 Å². The highest BCUT2D eigenvalue weighted by molar-refractivity contribution is 7.80. The van der Waals surface area contributed by atoms with Crippen molar-refractivity contribution in [3.8, 4) is 0 Å². The van der Waals surface area contributed by atoms with E-state index in [9.17, 15) is 0 Å². The van der Waals surface area contributed by atoms with Crippen LogP contribution in [0.5, 0.6) is 0 Å². The lowest BCUT2D eigenvalue weighted by atomic mass is 10.0. The predicted molar refractivity (Wildman–Crippen MR) is 137 cm³/mol. The van der Waals surface area contributed by atoms with E-state index in [1.54, 1.807) is 0 Å². The Labute approximate surface area is 193 Å². The Morgan fingerprint density at radius 3 is 2.65 bits per heavy atom. The molecule has 2 aromatic rings. The van der Waals surface area contributed by atoms with E-state index in [-0.39, 0.29) is 0 Å². The van der Waals surface area contributed by atoms with Crippen molar-refractivity contribution in [3.05, 3.63) is 35.4 Å². The van der Waals surface area contributed by atoms with Crippen LogP contribution in [0.2, 0.25) is 0 Å². The fourth-order valence-corrected chi connectivity index (χ4v) is 5.42. The van der Waals surface area contributed by atoms with E-state index in [1.165, 1.54) is 53.7 Å². The Hall–Kier alpha value is -1.56. The van der Waals surface area contributed by atoms with Crippen molar-refractivity contribution in [2.45, 2.75) is 58.9 Å². The fraction of sp³-hybridized carbons (Fsp3) is 0.615. The summed E-state index contributed by atoms with van der Waals surface area (Å²) in [5.74, 6) is 1.13. The molecule has 0 bridgehead atoms. The summed E-state index contributed by atoms with van der Waals surface area (Å²) in [7, 11) is 0. The molecule has 4 nitrogen and oxygen atoms in total. The minimum atomic E-state index is 0.755. The average molecular weight is 439 g/mol. The molecule has 0 aliphatic carbocycles. The van der Waals surface area contributed by atoms with Gasteiger partial charge in [0, 0.05) is 44.0 Å². The lowest BCUT2D eigenvalue weighted by Gasteiger charge is -2.35. The molecule has 4 rings (SSSR count). The average Bonchev–Trinajstić information content (AvgIpc) is 3.18. The number of hydrogen-bond donors (Lipinski definition) is 0. The zero-order valence-corrected chi connectivity index (χ0v) is 20.4. The van der Waals surface area contributed by atoms with Gasteiger partial charge < -0.3 is 14.7 Å². The summed E-state index contributed by atoms with van der Waals surface area (Å²) >= 11 is 5.74. The van der Waals surface area contributed by atoms with Crippen LogP contribution >= 0.6 is 12.2 Å². The van der Waals surface area contributed by atoms with Gasteiger partial charge in [0.15, 0.2) is 0 Å². The van der Waals surface area contributed by atoms with Gasteiger partial charge in [0.2, 0.25) is 0 Å². The molecule has 2 aliphatic heterocycles. The first-order valence-electron chi connectivity index (χ1n) is 12.2. The lowest BCUT2D eigenvalue weighted by molar-refractivity contribution is 0.267. The number of likely N-dealkylation sites (tertiary alicyclic amines) is 1. The SMILES string of the molecule is CCN1CCN(c2cc(C)c3cc(CC(=S)CCCN4CCCC4C)ccc3n2)CC1. The number of benzene rings is 1. The molecule has 5 heteroatoms. The summed E-state index contributed by atoms with van der Waals surface area (Å²) < 4.78 is 0. The molecule has 31 heavy (non-hydrogen) atoms. The Kier molecular flexibility index (Phi) is 7.57. The molecule has 1 unspecified atom stereocenters. The molecule has 168 valence electrons. The normalized spacial score (nSPS) is 20.6. The van der Waals surface area contributed by atoms with Crippen LogP contribution in [-0.2, 0) is 6.42 Å². The Morgan fingerprint density at radius 2 is 1.94 bits per heavy atom. The van der Waals surface area contributed by atoms with E-state index in [1.807, 2.05) is 0 Å². The van der Waals surface area contributed by atoms with Gasteiger partial charge in [-0.2, -0.15) is 0 Å². The summed E-state index contributed by atoms with van der Waals surface area (Å²) in [6, 6.07) is 9.75. The Bertz CT molecular complexity index is 904. The third-order valence-corrected chi connectivity index (χ3v) is 7.55. The van der Waals surface area contributed by atoms with Crippen molar-refractivity contribution in [2.75, 3.05) is 50.7 Å². The summed E-state index contributed by atoms with van der Waals surface area (Å²) in [4.78, 5) is 13.7. The van der Waals surface area contributed by atoms with Gasteiger partial charge in [0.25, 0.3) is 0 Å². The maximum Gasteiger partial charge on any atom is 0.129 e. The van der Waals surface area contributed by atoms with Gasteiger partial charge in [0.1, 0.15) is 5.82 Å². The van der Waals surface area contributed by atoms with Crippen molar-refractivity contribution in [1.82, 2.24) is 14.8 Å². The molecular formula is C26H38N4S. The van der Waals surface area contributed by atoms with E-state index < -0.39 is 0 Å². The molecule has 0 amide bonds. The number of thiocarbonyl (C=S) groups is 1. The summed E-state index contributed by atoms with van der Waals surface area (Å²) in [5, 5.41) is 1.27. The molecule has 1 aromatic heterocycles. The van der Waals surface area contributed by atoms with Crippen molar-refractivity contribution in [2.24, 2.45) is 0 Å². The number of hydrogen-bond acceptors (Lipinski definition) is 5. The highest BCUT2D eigenvalue weighted by Gasteiger charge is 2.20. The van der Waals surface area contributed by atoms with E-state index in [0.29, 0.717) is 0 Å². The number of fused-ring (bicyclic) bond motifs is 1. The summed E-state index contributed by atoms with van der Waals surface area (Å²) in [5.41, 5.74) is 3.74. The molecule has 2 fully saturated rings. The van der Waals surface area contributed by atoms with Crippen LogP contribution in [0.3, 0.4) is 0 Å². The molecule has 2 saturated heterocycles. The maximum absolute atomic E-state index is 5.74. The zero-order chi connectivity index (χ0) is 21.8. The van der Waals surface area contributed by atoms with Crippen LogP contribution in [-0.4, -0.2) is 71.5 Å². The number of rotatable bonds is 8. The summed E-state index contributed by atoms with van der Waals surface area (Å²) in [6.45, 7) is 14.8. The van der Waals surface area contributed by atoms with Gasteiger partial charge in [0.05, 0.1) is 5.52 Å². The van der Waals surface area contributed by atoms with E-state index in [0.717, 1.165) is 62.9 Å². The van der Waals surface area contributed by atoms with Gasteiger partial charge >= 0.3 is 0 Å². The van der Waals surface area contributed by atoms with E-state index in [2.05, 4.69) is 59.7 Å². The predicted octanol–water partition coefficient (Wildman–Crippen LogP) is 4.86. The Balaban J connectivity index is 1.36. The highest BCUT2D eigenvalue weighted by atomic mass is 32.1. The minimum Gasteiger partial charge on any atom is -0.354 e. The third-order valence-electron chi connectivity index (χ3n) is 7.20. The maximum atomic E-state index is 5.74. The quantitative estimate of drug-likeness (QED) is 0.548. The number of pyridine rings is 1. The van der Waals surface area contributed by atoms with Crippen LogP contribution in [0.1, 0.15) is 50.7 Å². The number of aromatic nitrogens is 1. The lowest BCUT2D eigenvalue weighted by Crippen LogP contribution is -2.46. The van der Waals surface area contributed by atoms with Gasteiger partial charge in [-0.15, -0.1) is 0 Å². The van der Waals surface area contributed by atoms with Crippen LogP contribution in [0.25, 0.3) is 10.9 Å². The van der Waals surface area contributed by atoms with Crippen molar-refractivity contribution < 1.29 is 0 Å². The number of aryl methyl sites for hydroxylation is 1. The van der Waals surface area contributed by atoms with Crippen LogP contribution in [0.4, 0.5) is 5.82 Å². The van der Waals surface area contributed by atoms with Crippen molar-refractivity contribution in [3.63, 3.8) is 0 Å². The first-order chi connectivity index (χ1) is 15.0. The summed E-state index contributed by atoms with van der Waals surface area (Å²) in [6.07, 6.45) is 5.85. The molecular weight excluding hydrogens is 400 g/mol. The molecule has 0 saturated carbocycles. The third kappa shape index (κ3) is 5.63.